The van der Waals surface area contributed by atoms with Crippen molar-refractivity contribution in [3.8, 4) is 11.4 Å². The van der Waals surface area contributed by atoms with Crippen molar-refractivity contribution < 1.29 is 19.1 Å². The first kappa shape index (κ1) is 32.6. The molecule has 1 atom stereocenters. The van der Waals surface area contributed by atoms with E-state index in [-0.39, 0.29) is 24.8 Å². The number of aliphatic imine (C=N–C) groups is 1. The molecule has 6 rings (SSSR count). The largest absolute Gasteiger partial charge is 0.497 e. The molecule has 10 nitrogen and oxygen atoms in total. The normalized spacial score (nSPS) is 14.2. The molecule has 47 heavy (non-hydrogen) atoms. The maximum absolute atomic E-state index is 13.2. The minimum Gasteiger partial charge on any atom is -0.497 e. The number of carbonyl (C=O) groups excluding carboxylic acids is 2. The molecule has 3 heterocycles. The molecule has 5 aromatic rings. The number of aryl methyl sites for hydroxylation is 1. The minimum absolute atomic E-state index is 0.0405. The summed E-state index contributed by atoms with van der Waals surface area (Å²) in [6.45, 7) is 5.94. The Hall–Kier alpha value is -4.36. The van der Waals surface area contributed by atoms with Crippen LogP contribution in [-0.4, -0.2) is 65.6 Å². The molecule has 0 saturated heterocycles. The first-order valence-electron chi connectivity index (χ1n) is 15.2. The van der Waals surface area contributed by atoms with E-state index in [4.69, 9.17) is 21.3 Å². The Bertz CT molecular complexity index is 2000. The maximum atomic E-state index is 13.2. The van der Waals surface area contributed by atoms with E-state index in [9.17, 15) is 14.4 Å². The summed E-state index contributed by atoms with van der Waals surface area (Å²) < 4.78 is 8.58. The molecule has 0 spiro atoms. The van der Waals surface area contributed by atoms with Crippen LogP contribution < -0.4 is 20.6 Å². The van der Waals surface area contributed by atoms with Crippen molar-refractivity contribution in [3.63, 3.8) is 0 Å². The lowest BCUT2D eigenvalue weighted by Crippen LogP contribution is -2.40. The van der Waals surface area contributed by atoms with E-state index in [0.717, 1.165) is 37.7 Å². The van der Waals surface area contributed by atoms with Crippen LogP contribution in [0.3, 0.4) is 0 Å². The second kappa shape index (κ2) is 13.4. The van der Waals surface area contributed by atoms with Crippen molar-refractivity contribution in [2.45, 2.75) is 38.9 Å². The summed E-state index contributed by atoms with van der Waals surface area (Å²) in [4.78, 5) is 41.6. The van der Waals surface area contributed by atoms with Gasteiger partial charge < -0.3 is 20.2 Å². The maximum Gasteiger partial charge on any atom is 0.239 e. The first-order chi connectivity index (χ1) is 22.5. The molecule has 0 radical (unpaired) electrons. The molecule has 1 aliphatic rings. The van der Waals surface area contributed by atoms with Gasteiger partial charge in [0, 0.05) is 27.4 Å². The molecule has 1 unspecified atom stereocenters. The number of carbonyl (C=O) groups is 2. The van der Waals surface area contributed by atoms with Gasteiger partial charge in [-0.1, -0.05) is 35.9 Å². The second-order valence-corrected chi connectivity index (χ2v) is 16.9. The van der Waals surface area contributed by atoms with Gasteiger partial charge in [0.05, 0.1) is 31.5 Å². The number of rotatable bonds is 10. The van der Waals surface area contributed by atoms with Gasteiger partial charge in [-0.15, -0.1) is 21.5 Å². The number of nitrogens with one attached hydrogen (secondary N) is 2. The van der Waals surface area contributed by atoms with Crippen molar-refractivity contribution in [2.75, 3.05) is 20.2 Å². The quantitative estimate of drug-likeness (QED) is 0.184. The van der Waals surface area contributed by atoms with Gasteiger partial charge in [0.15, 0.2) is 5.82 Å². The van der Waals surface area contributed by atoms with Crippen LogP contribution >= 0.6 is 22.9 Å². The topological polar surface area (TPSA) is 131 Å². The summed E-state index contributed by atoms with van der Waals surface area (Å²) in [6, 6.07) is 18.6. The van der Waals surface area contributed by atoms with Crippen LogP contribution in [0.15, 0.2) is 71.0 Å². The third-order valence-corrected chi connectivity index (χ3v) is 11.3. The summed E-state index contributed by atoms with van der Waals surface area (Å²) in [6.07, 6.45) is 0.587. The predicted octanol–water partition coefficient (Wildman–Crippen LogP) is 4.61. The summed E-state index contributed by atoms with van der Waals surface area (Å²) in [5.41, 5.74) is 4.17. The zero-order valence-corrected chi connectivity index (χ0v) is 29.1. The lowest BCUT2D eigenvalue weighted by Gasteiger charge is -2.14. The lowest BCUT2D eigenvalue weighted by molar-refractivity contribution is -0.126. The molecule has 3 aromatic carbocycles. The molecule has 242 valence electrons. The Labute approximate surface area is 282 Å². The van der Waals surface area contributed by atoms with Crippen LogP contribution in [0.4, 0.5) is 0 Å². The molecule has 3 N–H and O–H groups in total. The van der Waals surface area contributed by atoms with Gasteiger partial charge in [-0.05, 0) is 84.4 Å². The molecule has 0 fully saturated rings. The Morgan fingerprint density at radius 3 is 2.57 bits per heavy atom. The number of thiophene rings is 1. The van der Waals surface area contributed by atoms with Crippen LogP contribution in [0.5, 0.6) is 5.75 Å². The van der Waals surface area contributed by atoms with Gasteiger partial charge in [0.1, 0.15) is 17.6 Å². The molecule has 13 heteroatoms. The number of halogens is 1. The number of hydrogen-bond donors (Lipinski definition) is 3. The minimum atomic E-state index is -2.45. The van der Waals surface area contributed by atoms with Gasteiger partial charge in [0.2, 0.25) is 20.1 Å². The molecule has 0 aliphatic carbocycles. The standard InChI is InChI=1S/C34H35ClN6O4SSi/c1-20-39-40-34-27(38-33(22-6-8-23(35)9-7-22)25-16-24(45-2)10-11-28(25)41(20)34)17-31(42)37-18-32(43)36-14-13-21-5-12-29-26(15-21)30(19-46-29)47(3,4)44/h5-12,15-16,19,27,44H,13-14,17-18H2,1-4H3,(H,36,43)(H,37,42). The summed E-state index contributed by atoms with van der Waals surface area (Å²) in [5.74, 6) is 1.21. The van der Waals surface area contributed by atoms with Crippen LogP contribution in [0.25, 0.3) is 15.8 Å². The molecule has 0 saturated carbocycles. The Morgan fingerprint density at radius 2 is 1.83 bits per heavy atom. The van der Waals surface area contributed by atoms with E-state index in [2.05, 4.69) is 33.0 Å². The van der Waals surface area contributed by atoms with Crippen molar-refractivity contribution in [3.05, 3.63) is 99.4 Å². The third kappa shape index (κ3) is 7.00. The highest BCUT2D eigenvalue weighted by Crippen LogP contribution is 2.34. The number of benzene rings is 3. The molecule has 2 amide bonds. The van der Waals surface area contributed by atoms with Crippen LogP contribution in [0.1, 0.15) is 40.8 Å². The Balaban J connectivity index is 1.14. The van der Waals surface area contributed by atoms with Crippen molar-refractivity contribution in [1.82, 2.24) is 25.4 Å². The van der Waals surface area contributed by atoms with Gasteiger partial charge >= 0.3 is 0 Å². The van der Waals surface area contributed by atoms with Crippen LogP contribution in [0, 0.1) is 6.92 Å². The highest BCUT2D eigenvalue weighted by molar-refractivity contribution is 7.19. The SMILES string of the molecule is COc1ccc2c(c1)C(c1ccc(Cl)cc1)=NC(CC(=O)NCC(=O)NCCc1ccc3scc([Si](C)(C)O)c3c1)c1nnc(C)n1-2. The fraction of sp³-hybridized carbons (Fsp3) is 0.265. The lowest BCUT2D eigenvalue weighted by atomic mass is 10.00. The number of ether oxygens (including phenoxy) is 1. The van der Waals surface area contributed by atoms with Crippen molar-refractivity contribution >= 4 is 64.1 Å². The first-order valence-corrected chi connectivity index (χ1v) is 19.4. The van der Waals surface area contributed by atoms with E-state index in [0.29, 0.717) is 41.1 Å². The summed E-state index contributed by atoms with van der Waals surface area (Å²) in [7, 11) is -0.840. The fourth-order valence-electron chi connectivity index (χ4n) is 5.72. The third-order valence-electron chi connectivity index (χ3n) is 8.11. The molecular formula is C34H35ClN6O4SSi. The number of hydrogen-bond acceptors (Lipinski definition) is 8. The van der Waals surface area contributed by atoms with E-state index in [1.165, 1.54) is 0 Å². The average Bonchev–Trinajstić information content (AvgIpc) is 3.62. The number of fused-ring (bicyclic) bond motifs is 4. The van der Waals surface area contributed by atoms with Crippen LogP contribution in [0.2, 0.25) is 18.1 Å². The van der Waals surface area contributed by atoms with E-state index in [1.54, 1.807) is 30.6 Å². The number of nitrogens with zero attached hydrogens (tertiary/aromatic N) is 4. The monoisotopic (exact) mass is 686 g/mol. The zero-order valence-electron chi connectivity index (χ0n) is 26.5. The number of methoxy groups -OCH3 is 1. The summed E-state index contributed by atoms with van der Waals surface area (Å²) >= 11 is 7.82. The smallest absolute Gasteiger partial charge is 0.239 e. The Kier molecular flexibility index (Phi) is 9.29. The van der Waals surface area contributed by atoms with Gasteiger partial charge in [-0.2, -0.15) is 0 Å². The molecular weight excluding hydrogens is 652 g/mol. The zero-order chi connectivity index (χ0) is 33.3. The molecule has 0 bridgehead atoms. The van der Waals surface area contributed by atoms with Crippen LogP contribution in [-0.2, 0) is 16.0 Å². The van der Waals surface area contributed by atoms with E-state index < -0.39 is 14.4 Å². The average molecular weight is 687 g/mol. The highest BCUT2D eigenvalue weighted by Gasteiger charge is 2.30. The second-order valence-electron chi connectivity index (χ2n) is 11.9. The van der Waals surface area contributed by atoms with Gasteiger partial charge in [0.25, 0.3) is 0 Å². The van der Waals surface area contributed by atoms with Gasteiger partial charge in [-0.3, -0.25) is 19.1 Å². The summed E-state index contributed by atoms with van der Waals surface area (Å²) in [5, 5.41) is 19.1. The molecule has 1 aliphatic heterocycles. The fourth-order valence-corrected chi connectivity index (χ4v) is 8.94. The van der Waals surface area contributed by atoms with E-state index >= 15 is 0 Å². The number of aromatic nitrogens is 3. The molecule has 2 aromatic heterocycles. The van der Waals surface area contributed by atoms with E-state index in [1.807, 2.05) is 66.4 Å². The number of amides is 2. The predicted molar refractivity (Wildman–Crippen MR) is 188 cm³/mol. The van der Waals surface area contributed by atoms with Gasteiger partial charge in [-0.25, -0.2) is 0 Å². The highest BCUT2D eigenvalue weighted by atomic mass is 35.5. The van der Waals surface area contributed by atoms with Crippen molar-refractivity contribution in [2.24, 2.45) is 4.99 Å². The van der Waals surface area contributed by atoms with Crippen molar-refractivity contribution in [1.29, 1.82) is 0 Å². The Morgan fingerprint density at radius 1 is 1.04 bits per heavy atom.